The highest BCUT2D eigenvalue weighted by molar-refractivity contribution is 6.33. The molecule has 2 atom stereocenters. The molecule has 6 nitrogen and oxygen atoms in total. The van der Waals surface area contributed by atoms with Crippen molar-refractivity contribution >= 4 is 35.1 Å². The van der Waals surface area contributed by atoms with Gasteiger partial charge in [0.2, 0.25) is 0 Å². The van der Waals surface area contributed by atoms with Crippen LogP contribution in [0.3, 0.4) is 0 Å². The Morgan fingerprint density at radius 2 is 1.71 bits per heavy atom. The lowest BCUT2D eigenvalue weighted by atomic mass is 10.1. The fourth-order valence-electron chi connectivity index (χ4n) is 2.41. The van der Waals surface area contributed by atoms with Gasteiger partial charge in [-0.15, -0.1) is 0 Å². The first-order chi connectivity index (χ1) is 13.2. The van der Waals surface area contributed by atoms with Crippen molar-refractivity contribution in [2.45, 2.75) is 39.8 Å². The van der Waals surface area contributed by atoms with Crippen LogP contribution >= 0.6 is 11.6 Å². The van der Waals surface area contributed by atoms with Crippen molar-refractivity contribution in [2.24, 2.45) is 0 Å². The third-order valence-corrected chi connectivity index (χ3v) is 4.46. The lowest BCUT2D eigenvalue weighted by Crippen LogP contribution is -2.42. The first-order valence-electron chi connectivity index (χ1n) is 8.83. The number of amides is 2. The van der Waals surface area contributed by atoms with Crippen LogP contribution in [0.25, 0.3) is 0 Å². The highest BCUT2D eigenvalue weighted by Gasteiger charge is 2.24. The predicted molar refractivity (Wildman–Crippen MR) is 108 cm³/mol. The van der Waals surface area contributed by atoms with Gasteiger partial charge >= 0.3 is 5.97 Å². The van der Waals surface area contributed by atoms with Crippen LogP contribution in [0.4, 0.5) is 5.69 Å². The van der Waals surface area contributed by atoms with Gasteiger partial charge in [-0.05, 0) is 57.0 Å². The van der Waals surface area contributed by atoms with Crippen LogP contribution in [0, 0.1) is 13.8 Å². The molecule has 0 fully saturated rings. The monoisotopic (exact) mass is 402 g/mol. The molecule has 2 rings (SSSR count). The number of hydrogen-bond acceptors (Lipinski definition) is 4. The molecular formula is C21H23ClN2O4. The summed E-state index contributed by atoms with van der Waals surface area (Å²) in [5.41, 5.74) is 2.82. The van der Waals surface area contributed by atoms with Crippen LogP contribution in [0.1, 0.15) is 35.3 Å². The molecule has 28 heavy (non-hydrogen) atoms. The smallest absolute Gasteiger partial charge is 0.329 e. The van der Waals surface area contributed by atoms with Crippen molar-refractivity contribution in [2.75, 3.05) is 5.32 Å². The Morgan fingerprint density at radius 1 is 1.04 bits per heavy atom. The van der Waals surface area contributed by atoms with Crippen molar-refractivity contribution in [1.82, 2.24) is 5.32 Å². The van der Waals surface area contributed by atoms with E-state index < -0.39 is 29.9 Å². The summed E-state index contributed by atoms with van der Waals surface area (Å²) in [7, 11) is 0. The molecule has 2 amide bonds. The van der Waals surface area contributed by atoms with Gasteiger partial charge in [-0.1, -0.05) is 35.9 Å². The van der Waals surface area contributed by atoms with Crippen molar-refractivity contribution in [3.8, 4) is 0 Å². The average Bonchev–Trinajstić information content (AvgIpc) is 2.64. The van der Waals surface area contributed by atoms with Gasteiger partial charge in [-0.25, -0.2) is 4.79 Å². The summed E-state index contributed by atoms with van der Waals surface area (Å²) < 4.78 is 5.18. The number of carbonyl (C=O) groups is 3. The second-order valence-electron chi connectivity index (χ2n) is 6.56. The van der Waals surface area contributed by atoms with Crippen molar-refractivity contribution < 1.29 is 19.1 Å². The Hall–Kier alpha value is -2.86. The first-order valence-corrected chi connectivity index (χ1v) is 9.21. The maximum atomic E-state index is 12.3. The Labute approximate surface area is 169 Å². The third kappa shape index (κ3) is 5.57. The Balaban J connectivity index is 1.93. The van der Waals surface area contributed by atoms with Gasteiger partial charge in [0.25, 0.3) is 11.8 Å². The number of carbonyl (C=O) groups excluding carboxylic acids is 3. The highest BCUT2D eigenvalue weighted by Crippen LogP contribution is 2.17. The van der Waals surface area contributed by atoms with Crippen molar-refractivity contribution in [3.63, 3.8) is 0 Å². The molecule has 0 aliphatic carbocycles. The number of aryl methyl sites for hydroxylation is 2. The number of esters is 1. The molecule has 2 N–H and O–H groups in total. The zero-order valence-electron chi connectivity index (χ0n) is 16.2. The van der Waals surface area contributed by atoms with E-state index in [1.165, 1.54) is 13.8 Å². The Bertz CT molecular complexity index is 898. The number of rotatable bonds is 6. The molecule has 0 aromatic heterocycles. The van der Waals surface area contributed by atoms with E-state index in [4.69, 9.17) is 16.3 Å². The summed E-state index contributed by atoms with van der Waals surface area (Å²) in [6.07, 6.45) is -1.02. The number of nitrogens with one attached hydrogen (secondary N) is 2. The molecule has 0 bridgehead atoms. The molecule has 2 aromatic carbocycles. The molecule has 7 heteroatoms. The van der Waals surface area contributed by atoms with E-state index in [0.29, 0.717) is 5.69 Å². The van der Waals surface area contributed by atoms with Gasteiger partial charge in [-0.2, -0.15) is 0 Å². The summed E-state index contributed by atoms with van der Waals surface area (Å²) in [6, 6.07) is 11.2. The maximum absolute atomic E-state index is 12.3. The van der Waals surface area contributed by atoms with E-state index in [9.17, 15) is 14.4 Å². The molecule has 1 unspecified atom stereocenters. The van der Waals surface area contributed by atoms with E-state index >= 15 is 0 Å². The fourth-order valence-corrected chi connectivity index (χ4v) is 2.63. The van der Waals surface area contributed by atoms with E-state index in [-0.39, 0.29) is 10.6 Å². The van der Waals surface area contributed by atoms with E-state index in [0.717, 1.165) is 11.1 Å². The molecule has 0 radical (unpaired) electrons. The van der Waals surface area contributed by atoms with Crippen LogP contribution in [-0.2, 0) is 14.3 Å². The molecule has 0 spiro atoms. The highest BCUT2D eigenvalue weighted by atomic mass is 35.5. The summed E-state index contributed by atoms with van der Waals surface area (Å²) in [5.74, 6) is -1.67. The minimum absolute atomic E-state index is 0.254. The van der Waals surface area contributed by atoms with Crippen molar-refractivity contribution in [3.05, 3.63) is 64.2 Å². The topological polar surface area (TPSA) is 84.5 Å². The van der Waals surface area contributed by atoms with Gasteiger partial charge in [0.05, 0.1) is 10.6 Å². The number of hydrogen-bond donors (Lipinski definition) is 2. The zero-order chi connectivity index (χ0) is 20.8. The SMILES string of the molecule is Cc1ccc(C)c(NC(=O)C(C)OC(=O)[C@H](C)NC(=O)c2ccccc2Cl)c1. The summed E-state index contributed by atoms with van der Waals surface area (Å²) >= 11 is 5.98. The summed E-state index contributed by atoms with van der Waals surface area (Å²) in [4.78, 5) is 36.8. The summed E-state index contributed by atoms with van der Waals surface area (Å²) in [5, 5.41) is 5.55. The molecule has 148 valence electrons. The quantitative estimate of drug-likeness (QED) is 0.722. The molecular weight excluding hydrogens is 380 g/mol. The van der Waals surface area contributed by atoms with Gasteiger partial charge in [0.1, 0.15) is 6.04 Å². The lowest BCUT2D eigenvalue weighted by molar-refractivity contribution is -0.154. The lowest BCUT2D eigenvalue weighted by Gasteiger charge is -2.18. The van der Waals surface area contributed by atoms with Crippen LogP contribution in [0.2, 0.25) is 5.02 Å². The van der Waals surface area contributed by atoms with Crippen LogP contribution in [-0.4, -0.2) is 29.9 Å². The first kappa shape index (κ1) is 21.4. The molecule has 2 aromatic rings. The van der Waals surface area contributed by atoms with E-state index in [1.54, 1.807) is 24.3 Å². The number of halogens is 1. The maximum Gasteiger partial charge on any atom is 0.329 e. The molecule has 0 saturated heterocycles. The second-order valence-corrected chi connectivity index (χ2v) is 6.97. The van der Waals surface area contributed by atoms with E-state index in [2.05, 4.69) is 10.6 Å². The minimum Gasteiger partial charge on any atom is -0.451 e. The predicted octanol–water partition coefficient (Wildman–Crippen LogP) is 3.65. The van der Waals surface area contributed by atoms with Gasteiger partial charge in [-0.3, -0.25) is 9.59 Å². The minimum atomic E-state index is -1.02. The average molecular weight is 403 g/mol. The number of benzene rings is 2. The van der Waals surface area contributed by atoms with Gasteiger partial charge < -0.3 is 15.4 Å². The molecule has 0 saturated carbocycles. The van der Waals surface area contributed by atoms with Gasteiger partial charge in [0, 0.05) is 5.69 Å². The van der Waals surface area contributed by atoms with Crippen LogP contribution in [0.5, 0.6) is 0 Å². The van der Waals surface area contributed by atoms with E-state index in [1.807, 2.05) is 32.0 Å². The standard InChI is InChI=1S/C21H23ClN2O4/c1-12-9-10-13(2)18(11-12)24-19(25)15(4)28-21(27)14(3)23-20(26)16-7-5-6-8-17(16)22/h5-11,14-15H,1-4H3,(H,23,26)(H,24,25)/t14-,15?/m0/s1. The fraction of sp³-hybridized carbons (Fsp3) is 0.286. The molecule has 0 aliphatic heterocycles. The normalized spacial score (nSPS) is 12.6. The third-order valence-electron chi connectivity index (χ3n) is 4.13. The van der Waals surface area contributed by atoms with Crippen molar-refractivity contribution in [1.29, 1.82) is 0 Å². The largest absolute Gasteiger partial charge is 0.451 e. The second kappa shape index (κ2) is 9.37. The number of ether oxygens (including phenoxy) is 1. The Morgan fingerprint density at radius 3 is 2.39 bits per heavy atom. The van der Waals surface area contributed by atoms with Crippen LogP contribution < -0.4 is 10.6 Å². The molecule has 0 aliphatic rings. The Kier molecular flexibility index (Phi) is 7.18. The van der Waals surface area contributed by atoms with Gasteiger partial charge in [0.15, 0.2) is 6.10 Å². The number of anilines is 1. The summed E-state index contributed by atoms with van der Waals surface area (Å²) in [6.45, 7) is 6.74. The zero-order valence-corrected chi connectivity index (χ0v) is 17.0. The molecule has 0 heterocycles. The van der Waals surface area contributed by atoms with Crippen LogP contribution in [0.15, 0.2) is 42.5 Å².